The number of hydrogen-bond acceptors (Lipinski definition) is 5. The number of nitrogens with zero attached hydrogens (tertiary/aromatic N) is 2. The van der Waals surface area contributed by atoms with Gasteiger partial charge in [0.2, 0.25) is 5.91 Å². The highest BCUT2D eigenvalue weighted by Gasteiger charge is 2.15. The Hall–Kier alpha value is -3.30. The van der Waals surface area contributed by atoms with Crippen molar-refractivity contribution in [2.75, 3.05) is 11.9 Å². The fourth-order valence-corrected chi connectivity index (χ4v) is 2.48. The van der Waals surface area contributed by atoms with E-state index in [0.717, 1.165) is 11.5 Å². The van der Waals surface area contributed by atoms with E-state index in [1.807, 2.05) is 29.2 Å². The molecule has 0 bridgehead atoms. The molecule has 1 amide bonds. The number of nitriles is 1. The zero-order valence-corrected chi connectivity index (χ0v) is 13.5. The van der Waals surface area contributed by atoms with Crippen LogP contribution in [0.2, 0.25) is 0 Å². The molecule has 0 saturated carbocycles. The molecule has 126 valence electrons. The van der Waals surface area contributed by atoms with Crippen molar-refractivity contribution in [1.82, 2.24) is 4.90 Å². The first kappa shape index (κ1) is 16.6. The van der Waals surface area contributed by atoms with Crippen LogP contribution in [0.25, 0.3) is 0 Å². The van der Waals surface area contributed by atoms with Crippen LogP contribution in [0.3, 0.4) is 0 Å². The maximum absolute atomic E-state index is 12.4. The molecule has 1 N–H and O–H groups in total. The summed E-state index contributed by atoms with van der Waals surface area (Å²) in [7, 11) is 0. The molecule has 0 unspecified atom stereocenters. The Morgan fingerprint density at radius 1 is 1.04 bits per heavy atom. The molecule has 6 nitrogen and oxygen atoms in total. The fraction of sp³-hybridized carbons (Fsp3) is 0.158. The number of rotatable bonds is 7. The lowest BCUT2D eigenvalue weighted by Crippen LogP contribution is -2.32. The van der Waals surface area contributed by atoms with Crippen LogP contribution in [0.15, 0.2) is 69.9 Å². The van der Waals surface area contributed by atoms with Gasteiger partial charge in [-0.05, 0) is 42.5 Å². The van der Waals surface area contributed by atoms with Crippen molar-refractivity contribution in [2.24, 2.45) is 0 Å². The second-order valence-electron chi connectivity index (χ2n) is 5.54. The summed E-state index contributed by atoms with van der Waals surface area (Å²) in [4.78, 5) is 14.3. The molecule has 0 aliphatic heterocycles. The predicted octanol–water partition coefficient (Wildman–Crippen LogP) is 3.39. The van der Waals surface area contributed by atoms with Gasteiger partial charge in [-0.3, -0.25) is 9.69 Å². The lowest BCUT2D eigenvalue weighted by molar-refractivity contribution is -0.117. The molecule has 2 heterocycles. The van der Waals surface area contributed by atoms with Crippen molar-refractivity contribution in [3.8, 4) is 6.07 Å². The summed E-state index contributed by atoms with van der Waals surface area (Å²) in [5.74, 6) is 1.37. The molecule has 0 aliphatic carbocycles. The first-order chi connectivity index (χ1) is 12.2. The molecule has 2 aromatic heterocycles. The number of anilines is 1. The third-order valence-corrected chi connectivity index (χ3v) is 3.56. The minimum atomic E-state index is -0.173. The van der Waals surface area contributed by atoms with Crippen molar-refractivity contribution in [2.45, 2.75) is 13.1 Å². The summed E-state index contributed by atoms with van der Waals surface area (Å²) in [5.41, 5.74) is 1.10. The number of nitrogens with one attached hydrogen (secondary N) is 1. The largest absolute Gasteiger partial charge is 0.468 e. The topological polar surface area (TPSA) is 82.4 Å². The maximum atomic E-state index is 12.4. The van der Waals surface area contributed by atoms with Crippen LogP contribution in [0, 0.1) is 11.3 Å². The molecule has 0 fully saturated rings. The quantitative estimate of drug-likeness (QED) is 0.715. The number of carbonyl (C=O) groups is 1. The second kappa shape index (κ2) is 7.99. The molecule has 25 heavy (non-hydrogen) atoms. The Balaban J connectivity index is 1.65. The van der Waals surface area contributed by atoms with Crippen LogP contribution >= 0.6 is 0 Å². The third kappa shape index (κ3) is 4.83. The Kier molecular flexibility index (Phi) is 5.29. The number of hydrogen-bond donors (Lipinski definition) is 1. The molecule has 0 aliphatic rings. The van der Waals surface area contributed by atoms with E-state index < -0.39 is 0 Å². The van der Waals surface area contributed by atoms with E-state index >= 15 is 0 Å². The fourth-order valence-electron chi connectivity index (χ4n) is 2.48. The van der Waals surface area contributed by atoms with Crippen LogP contribution in [0.4, 0.5) is 5.69 Å². The van der Waals surface area contributed by atoms with Crippen LogP contribution in [-0.2, 0) is 17.9 Å². The molecular formula is C19H17N3O3. The van der Waals surface area contributed by atoms with E-state index in [2.05, 4.69) is 11.4 Å². The van der Waals surface area contributed by atoms with Crippen molar-refractivity contribution in [3.05, 3.63) is 78.1 Å². The predicted molar refractivity (Wildman–Crippen MR) is 91.3 cm³/mol. The van der Waals surface area contributed by atoms with E-state index in [-0.39, 0.29) is 12.5 Å². The van der Waals surface area contributed by atoms with Crippen molar-refractivity contribution < 1.29 is 13.6 Å². The van der Waals surface area contributed by atoms with Crippen molar-refractivity contribution >= 4 is 11.6 Å². The minimum absolute atomic E-state index is 0.165. The summed E-state index contributed by atoms with van der Waals surface area (Å²) >= 11 is 0. The summed E-state index contributed by atoms with van der Waals surface area (Å²) in [6.45, 7) is 1.14. The average Bonchev–Trinajstić information content (AvgIpc) is 3.29. The lowest BCUT2D eigenvalue weighted by atomic mass is 10.2. The number of furan rings is 2. The monoisotopic (exact) mass is 335 g/mol. The van der Waals surface area contributed by atoms with E-state index in [9.17, 15) is 4.79 Å². The number of benzene rings is 1. The van der Waals surface area contributed by atoms with Gasteiger partial charge in [-0.1, -0.05) is 6.07 Å². The van der Waals surface area contributed by atoms with Gasteiger partial charge in [0.25, 0.3) is 0 Å². The van der Waals surface area contributed by atoms with Gasteiger partial charge in [-0.15, -0.1) is 0 Å². The zero-order chi connectivity index (χ0) is 17.5. The number of carbonyl (C=O) groups excluding carboxylic acids is 1. The van der Waals surface area contributed by atoms with E-state index in [4.69, 9.17) is 14.1 Å². The molecule has 3 rings (SSSR count). The Bertz CT molecular complexity index is 812. The summed E-state index contributed by atoms with van der Waals surface area (Å²) in [5, 5.41) is 11.8. The first-order valence-corrected chi connectivity index (χ1v) is 7.80. The Morgan fingerprint density at radius 2 is 1.72 bits per heavy atom. The zero-order valence-electron chi connectivity index (χ0n) is 13.5. The molecule has 0 spiro atoms. The molecule has 6 heteroatoms. The molecule has 3 aromatic rings. The highest BCUT2D eigenvalue weighted by atomic mass is 16.3. The average molecular weight is 335 g/mol. The van der Waals surface area contributed by atoms with E-state index in [1.54, 1.807) is 36.8 Å². The van der Waals surface area contributed by atoms with Crippen LogP contribution in [0.5, 0.6) is 0 Å². The van der Waals surface area contributed by atoms with Crippen molar-refractivity contribution in [1.29, 1.82) is 5.26 Å². The normalized spacial score (nSPS) is 10.6. The van der Waals surface area contributed by atoms with E-state index in [1.165, 1.54) is 0 Å². The van der Waals surface area contributed by atoms with Gasteiger partial charge < -0.3 is 14.2 Å². The van der Waals surface area contributed by atoms with E-state index in [0.29, 0.717) is 24.3 Å². The maximum Gasteiger partial charge on any atom is 0.238 e. The van der Waals surface area contributed by atoms with Gasteiger partial charge in [0, 0.05) is 5.69 Å². The van der Waals surface area contributed by atoms with Gasteiger partial charge in [0.05, 0.1) is 43.8 Å². The molecular weight excluding hydrogens is 318 g/mol. The molecule has 1 aromatic carbocycles. The third-order valence-electron chi connectivity index (χ3n) is 3.56. The van der Waals surface area contributed by atoms with Gasteiger partial charge in [-0.25, -0.2) is 0 Å². The summed E-state index contributed by atoms with van der Waals surface area (Å²) < 4.78 is 10.7. The molecule has 0 atom stereocenters. The molecule has 0 saturated heterocycles. The Morgan fingerprint density at radius 3 is 2.28 bits per heavy atom. The van der Waals surface area contributed by atoms with Gasteiger partial charge >= 0.3 is 0 Å². The van der Waals surface area contributed by atoms with Crippen LogP contribution in [0.1, 0.15) is 17.1 Å². The minimum Gasteiger partial charge on any atom is -0.468 e. The first-order valence-electron chi connectivity index (χ1n) is 7.80. The van der Waals surface area contributed by atoms with Crippen molar-refractivity contribution in [3.63, 3.8) is 0 Å². The summed E-state index contributed by atoms with van der Waals surface area (Å²) in [6, 6.07) is 16.2. The molecule has 0 radical (unpaired) electrons. The van der Waals surface area contributed by atoms with Gasteiger partial charge in [-0.2, -0.15) is 5.26 Å². The second-order valence-corrected chi connectivity index (χ2v) is 5.54. The van der Waals surface area contributed by atoms with Crippen LogP contribution < -0.4 is 5.32 Å². The smallest absolute Gasteiger partial charge is 0.238 e. The lowest BCUT2D eigenvalue weighted by Gasteiger charge is -2.19. The van der Waals surface area contributed by atoms with Gasteiger partial charge in [0.15, 0.2) is 0 Å². The number of amides is 1. The van der Waals surface area contributed by atoms with Crippen LogP contribution in [-0.4, -0.2) is 17.4 Å². The summed E-state index contributed by atoms with van der Waals surface area (Å²) in [6.07, 6.45) is 3.21. The van der Waals surface area contributed by atoms with Gasteiger partial charge in [0.1, 0.15) is 11.5 Å². The highest BCUT2D eigenvalue weighted by molar-refractivity contribution is 5.92. The SMILES string of the molecule is N#Cc1cccc(NC(=O)CN(Cc2ccco2)Cc2ccco2)c1. The highest BCUT2D eigenvalue weighted by Crippen LogP contribution is 2.13. The standard InChI is InChI=1S/C19H17N3O3/c20-11-15-4-1-5-16(10-15)21-19(23)14-22(12-17-6-2-8-24-17)13-18-7-3-9-25-18/h1-10H,12-14H2,(H,21,23). The Labute approximate surface area is 145 Å².